The van der Waals surface area contributed by atoms with Crippen LogP contribution < -0.4 is 0 Å². The molecule has 0 aliphatic heterocycles. The zero-order valence-electron chi connectivity index (χ0n) is 7.35. The van der Waals surface area contributed by atoms with Crippen LogP contribution in [0.15, 0.2) is 0 Å². The van der Waals surface area contributed by atoms with Crippen molar-refractivity contribution in [2.75, 3.05) is 6.61 Å². The summed E-state index contributed by atoms with van der Waals surface area (Å²) in [5.41, 5.74) is 0. The van der Waals surface area contributed by atoms with E-state index in [4.69, 9.17) is 4.74 Å². The van der Waals surface area contributed by atoms with Crippen molar-refractivity contribution in [1.82, 2.24) is 0 Å². The molecule has 0 fully saturated rings. The normalized spacial score (nSPS) is 8.55. The molecule has 0 aliphatic carbocycles. The van der Waals surface area contributed by atoms with Crippen molar-refractivity contribution < 1.29 is 51.3 Å². The molecule has 0 amide bonds. The second kappa shape index (κ2) is 10.8. The van der Waals surface area contributed by atoms with Crippen molar-refractivity contribution in [3.63, 3.8) is 0 Å². The molecular formula is C8H16CeO2+2. The van der Waals surface area contributed by atoms with E-state index in [1.54, 1.807) is 0 Å². The Morgan fingerprint density at radius 2 is 1.91 bits per heavy atom. The third-order valence-corrected chi connectivity index (χ3v) is 1.29. The zero-order chi connectivity index (χ0) is 7.82. The molecule has 0 saturated heterocycles. The van der Waals surface area contributed by atoms with Gasteiger partial charge in [0.1, 0.15) is 0 Å². The van der Waals surface area contributed by atoms with Crippen molar-refractivity contribution >= 4 is 5.97 Å². The molecule has 0 atom stereocenters. The second-order valence-corrected chi connectivity index (χ2v) is 2.26. The molecule has 0 aromatic rings. The number of esters is 1. The van der Waals surface area contributed by atoms with Crippen molar-refractivity contribution in [2.45, 2.75) is 39.5 Å². The molecule has 2 nitrogen and oxygen atoms in total. The summed E-state index contributed by atoms with van der Waals surface area (Å²) in [4.78, 5) is 10.7. The maximum atomic E-state index is 10.7. The van der Waals surface area contributed by atoms with Gasteiger partial charge < -0.3 is 4.74 Å². The summed E-state index contributed by atoms with van der Waals surface area (Å²) < 4.78 is 4.75. The SMILES string of the molecule is CCCCCC(=O)OCC.[Ce+2]. The van der Waals surface area contributed by atoms with E-state index in [0.29, 0.717) is 13.0 Å². The molecule has 3 heteroatoms. The topological polar surface area (TPSA) is 26.3 Å². The summed E-state index contributed by atoms with van der Waals surface area (Å²) in [6.45, 7) is 4.45. The van der Waals surface area contributed by atoms with Crippen molar-refractivity contribution in [2.24, 2.45) is 0 Å². The number of hydrogen-bond donors (Lipinski definition) is 0. The fraction of sp³-hybridized carbons (Fsp3) is 0.875. The summed E-state index contributed by atoms with van der Waals surface area (Å²) in [5, 5.41) is 0. The molecule has 0 bridgehead atoms. The van der Waals surface area contributed by atoms with E-state index >= 15 is 0 Å². The molecule has 0 aromatic heterocycles. The van der Waals surface area contributed by atoms with Crippen LogP contribution in [0.4, 0.5) is 0 Å². The molecule has 0 unspecified atom stereocenters. The summed E-state index contributed by atoms with van der Waals surface area (Å²) >= 11 is 0. The van der Waals surface area contributed by atoms with Gasteiger partial charge in [0, 0.05) is 6.42 Å². The Balaban J connectivity index is 0. The third-order valence-electron chi connectivity index (χ3n) is 1.29. The van der Waals surface area contributed by atoms with Crippen LogP contribution in [-0.4, -0.2) is 12.6 Å². The van der Waals surface area contributed by atoms with Crippen LogP contribution in [0.25, 0.3) is 0 Å². The van der Waals surface area contributed by atoms with Gasteiger partial charge in [-0.05, 0) is 13.3 Å². The first kappa shape index (κ1) is 14.4. The fourth-order valence-electron chi connectivity index (χ4n) is 0.752. The van der Waals surface area contributed by atoms with E-state index < -0.39 is 0 Å². The van der Waals surface area contributed by atoms with Crippen LogP contribution in [0.2, 0.25) is 0 Å². The van der Waals surface area contributed by atoms with Gasteiger partial charge in [-0.25, -0.2) is 0 Å². The molecule has 0 rings (SSSR count). The minimum atomic E-state index is -0.0593. The molecular weight excluding hydrogens is 268 g/mol. The van der Waals surface area contributed by atoms with Crippen LogP contribution >= 0.6 is 0 Å². The van der Waals surface area contributed by atoms with Crippen molar-refractivity contribution in [1.29, 1.82) is 0 Å². The standard InChI is InChI=1S/C8H16O2.Ce/c1-3-5-6-7-8(9)10-4-2;/h3-7H2,1-2H3;/q;+2. The van der Waals surface area contributed by atoms with Gasteiger partial charge in [-0.2, -0.15) is 0 Å². The Morgan fingerprint density at radius 3 is 2.36 bits per heavy atom. The monoisotopic (exact) mass is 284 g/mol. The predicted octanol–water partition coefficient (Wildman–Crippen LogP) is 2.13. The first-order valence-corrected chi connectivity index (χ1v) is 3.96. The molecule has 0 spiro atoms. The molecule has 0 aromatic carbocycles. The third kappa shape index (κ3) is 10.8. The van der Waals surface area contributed by atoms with Gasteiger partial charge in [-0.15, -0.1) is 0 Å². The predicted molar refractivity (Wildman–Crippen MR) is 40.8 cm³/mol. The number of ether oxygens (including phenoxy) is 1. The van der Waals surface area contributed by atoms with Gasteiger partial charge in [0.05, 0.1) is 6.61 Å². The Hall–Kier alpha value is 0.847. The summed E-state index contributed by atoms with van der Waals surface area (Å²) in [5.74, 6) is -0.0593. The van der Waals surface area contributed by atoms with Crippen LogP contribution in [0.5, 0.6) is 0 Å². The number of carbonyl (C=O) groups excluding carboxylic acids is 1. The van der Waals surface area contributed by atoms with Crippen LogP contribution in [0.3, 0.4) is 0 Å². The molecule has 0 aliphatic rings. The van der Waals surface area contributed by atoms with E-state index in [1.807, 2.05) is 6.92 Å². The number of unbranched alkanes of at least 4 members (excludes halogenated alkanes) is 2. The first-order valence-electron chi connectivity index (χ1n) is 3.96. The molecule has 11 heavy (non-hydrogen) atoms. The van der Waals surface area contributed by atoms with Gasteiger partial charge in [-0.1, -0.05) is 19.8 Å². The van der Waals surface area contributed by atoms with E-state index in [2.05, 4.69) is 6.92 Å². The van der Waals surface area contributed by atoms with Crippen LogP contribution in [0.1, 0.15) is 39.5 Å². The van der Waals surface area contributed by atoms with Gasteiger partial charge in [0.15, 0.2) is 0 Å². The Kier molecular flexibility index (Phi) is 14.2. The van der Waals surface area contributed by atoms with E-state index in [-0.39, 0.29) is 47.7 Å². The zero-order valence-corrected chi connectivity index (χ0v) is 10.5. The second-order valence-electron chi connectivity index (χ2n) is 2.26. The summed E-state index contributed by atoms with van der Waals surface area (Å²) in [6, 6.07) is 0. The van der Waals surface area contributed by atoms with Gasteiger partial charge in [0.2, 0.25) is 0 Å². The van der Waals surface area contributed by atoms with Crippen LogP contribution in [-0.2, 0) is 9.53 Å². The summed E-state index contributed by atoms with van der Waals surface area (Å²) in [7, 11) is 0. The average molecular weight is 284 g/mol. The van der Waals surface area contributed by atoms with Crippen molar-refractivity contribution in [3.8, 4) is 0 Å². The maximum absolute atomic E-state index is 10.7. The smallest absolute Gasteiger partial charge is 0.466 e. The van der Waals surface area contributed by atoms with Gasteiger partial charge in [-0.3, -0.25) is 4.79 Å². The van der Waals surface area contributed by atoms with Gasteiger partial charge in [0.25, 0.3) is 0 Å². The molecule has 62 valence electrons. The Bertz CT molecular complexity index is 94.1. The number of rotatable bonds is 5. The molecule has 0 radical (unpaired) electrons. The molecule has 0 N–H and O–H groups in total. The van der Waals surface area contributed by atoms with E-state index in [9.17, 15) is 4.79 Å². The average Bonchev–Trinajstić information content (AvgIpc) is 1.89. The molecule has 0 saturated carbocycles. The first-order chi connectivity index (χ1) is 4.81. The Morgan fingerprint density at radius 1 is 1.27 bits per heavy atom. The van der Waals surface area contributed by atoms with Gasteiger partial charge >= 0.3 is 47.7 Å². The minimum Gasteiger partial charge on any atom is -0.466 e. The largest absolute Gasteiger partial charge is 2.00 e. The quantitative estimate of drug-likeness (QED) is 0.571. The van der Waals surface area contributed by atoms with E-state index in [0.717, 1.165) is 19.3 Å². The van der Waals surface area contributed by atoms with E-state index in [1.165, 1.54) is 0 Å². The van der Waals surface area contributed by atoms with Crippen LogP contribution in [0, 0.1) is 41.7 Å². The summed E-state index contributed by atoms with van der Waals surface area (Å²) in [6.07, 6.45) is 3.83. The Labute approximate surface area is 102 Å². The number of hydrogen-bond acceptors (Lipinski definition) is 2. The molecule has 0 heterocycles. The number of carbonyl (C=O) groups is 1. The fourth-order valence-corrected chi connectivity index (χ4v) is 0.752. The van der Waals surface area contributed by atoms with Crippen molar-refractivity contribution in [3.05, 3.63) is 0 Å². The minimum absolute atomic E-state index is 0. The maximum Gasteiger partial charge on any atom is 2.00 e.